The van der Waals surface area contributed by atoms with E-state index in [4.69, 9.17) is 0 Å². The molecule has 3 N–H and O–H groups in total. The van der Waals surface area contributed by atoms with Gasteiger partial charge in [0.1, 0.15) is 12.1 Å². The number of benzene rings is 1. The highest BCUT2D eigenvalue weighted by Gasteiger charge is 2.41. The van der Waals surface area contributed by atoms with E-state index in [1.165, 1.54) is 11.9 Å². The van der Waals surface area contributed by atoms with Gasteiger partial charge in [0.05, 0.1) is 6.67 Å². The summed E-state index contributed by atoms with van der Waals surface area (Å²) in [5.74, 6) is -1.60. The van der Waals surface area contributed by atoms with Crippen molar-refractivity contribution in [1.82, 2.24) is 20.4 Å². The molecule has 8 heteroatoms. The maximum atomic E-state index is 12.9. The fourth-order valence-electron chi connectivity index (χ4n) is 3.01. The summed E-state index contributed by atoms with van der Waals surface area (Å²) in [6, 6.07) is 7.50. The van der Waals surface area contributed by atoms with E-state index in [1.807, 2.05) is 49.1 Å². The molecule has 26 heavy (non-hydrogen) atoms. The van der Waals surface area contributed by atoms with Crippen molar-refractivity contribution < 1.29 is 19.5 Å². The van der Waals surface area contributed by atoms with Crippen LogP contribution >= 0.6 is 0 Å². The number of carboxylic acid groups (broad SMARTS) is 1. The van der Waals surface area contributed by atoms with Gasteiger partial charge in [-0.3, -0.25) is 9.69 Å². The molecule has 1 aromatic carbocycles. The minimum absolute atomic E-state index is 0.169. The molecule has 0 bridgehead atoms. The maximum Gasteiger partial charge on any atom is 0.327 e. The number of aliphatic carboxylic acids is 1. The van der Waals surface area contributed by atoms with E-state index in [0.29, 0.717) is 6.54 Å². The highest BCUT2D eigenvalue weighted by molar-refractivity contribution is 5.90. The van der Waals surface area contributed by atoms with Gasteiger partial charge in [-0.25, -0.2) is 9.59 Å². The number of rotatable bonds is 6. The molecular formula is C18H26N4O4. The summed E-state index contributed by atoms with van der Waals surface area (Å²) < 4.78 is 0. The van der Waals surface area contributed by atoms with Crippen molar-refractivity contribution in [3.05, 3.63) is 35.9 Å². The van der Waals surface area contributed by atoms with Crippen LogP contribution in [0.2, 0.25) is 0 Å². The fourth-order valence-corrected chi connectivity index (χ4v) is 3.01. The molecule has 1 heterocycles. The Bertz CT molecular complexity index is 650. The first-order valence-electron chi connectivity index (χ1n) is 8.61. The first kappa shape index (κ1) is 19.7. The Hall–Kier alpha value is -2.61. The molecule has 2 rings (SSSR count). The Labute approximate surface area is 153 Å². The monoisotopic (exact) mass is 362 g/mol. The average Bonchev–Trinajstić information content (AvgIpc) is 3.03. The van der Waals surface area contributed by atoms with Crippen molar-refractivity contribution in [2.75, 3.05) is 20.3 Å². The fraction of sp³-hybridized carbons (Fsp3) is 0.500. The van der Waals surface area contributed by atoms with Gasteiger partial charge in [-0.15, -0.1) is 0 Å². The number of carbonyl (C=O) groups excluding carboxylic acids is 2. The Kier molecular flexibility index (Phi) is 6.57. The number of urea groups is 1. The van der Waals surface area contributed by atoms with E-state index in [2.05, 4.69) is 10.6 Å². The lowest BCUT2D eigenvalue weighted by Gasteiger charge is -2.28. The zero-order valence-electron chi connectivity index (χ0n) is 15.3. The molecule has 0 aromatic heterocycles. The van der Waals surface area contributed by atoms with Crippen molar-refractivity contribution in [2.45, 2.75) is 32.5 Å². The molecule has 0 aliphatic carbocycles. The molecule has 1 aliphatic rings. The molecule has 1 saturated heterocycles. The summed E-state index contributed by atoms with van der Waals surface area (Å²) in [4.78, 5) is 39.5. The van der Waals surface area contributed by atoms with Gasteiger partial charge in [0.2, 0.25) is 5.91 Å². The Balaban J connectivity index is 2.14. The summed E-state index contributed by atoms with van der Waals surface area (Å²) in [5.41, 5.74) is 1.05. The predicted molar refractivity (Wildman–Crippen MR) is 96.2 cm³/mol. The van der Waals surface area contributed by atoms with Crippen LogP contribution in [0.15, 0.2) is 30.3 Å². The van der Waals surface area contributed by atoms with E-state index in [-0.39, 0.29) is 25.0 Å². The van der Waals surface area contributed by atoms with E-state index in [1.54, 1.807) is 0 Å². The van der Waals surface area contributed by atoms with E-state index < -0.39 is 24.1 Å². The molecule has 1 aliphatic heterocycles. The molecule has 3 amide bonds. The highest BCUT2D eigenvalue weighted by Crippen LogP contribution is 2.19. The summed E-state index contributed by atoms with van der Waals surface area (Å²) in [5, 5.41) is 14.6. The topological polar surface area (TPSA) is 102 Å². The van der Waals surface area contributed by atoms with E-state index >= 15 is 0 Å². The molecule has 0 spiro atoms. The summed E-state index contributed by atoms with van der Waals surface area (Å²) in [6.07, 6.45) is 0. The number of carboxylic acids is 1. The minimum atomic E-state index is -1.05. The molecule has 0 unspecified atom stereocenters. The Morgan fingerprint density at radius 1 is 1.23 bits per heavy atom. The van der Waals surface area contributed by atoms with E-state index in [0.717, 1.165) is 5.56 Å². The standard InChI is InChI=1S/C18H26N4O4/c1-12(2)15(20-18(26)19-3)16(23)22-11-21(10-14(22)17(24)25)9-13-7-5-4-6-8-13/h4-8,12,14-15H,9-11H2,1-3H3,(H,24,25)(H2,19,20,26)/t14-,15-/m0/s1. The van der Waals surface area contributed by atoms with Crippen molar-refractivity contribution in [1.29, 1.82) is 0 Å². The second-order valence-corrected chi connectivity index (χ2v) is 6.75. The van der Waals surface area contributed by atoms with Gasteiger partial charge in [0, 0.05) is 20.1 Å². The molecule has 142 valence electrons. The second-order valence-electron chi connectivity index (χ2n) is 6.75. The summed E-state index contributed by atoms with van der Waals surface area (Å²) in [6.45, 7) is 4.64. The van der Waals surface area contributed by atoms with E-state index in [9.17, 15) is 19.5 Å². The molecule has 0 saturated carbocycles. The van der Waals surface area contributed by atoms with Gasteiger partial charge >= 0.3 is 12.0 Å². The lowest BCUT2D eigenvalue weighted by molar-refractivity contribution is -0.149. The molecule has 2 atom stereocenters. The quantitative estimate of drug-likeness (QED) is 0.691. The summed E-state index contributed by atoms with van der Waals surface area (Å²) >= 11 is 0. The van der Waals surface area contributed by atoms with Gasteiger partial charge in [-0.05, 0) is 11.5 Å². The third-order valence-electron chi connectivity index (χ3n) is 4.42. The SMILES string of the molecule is CNC(=O)N[C@H](C(=O)N1CN(Cc2ccccc2)C[C@H]1C(=O)O)C(C)C. The lowest BCUT2D eigenvalue weighted by atomic mass is 10.0. The minimum Gasteiger partial charge on any atom is -0.480 e. The van der Waals surface area contributed by atoms with Crippen LogP contribution in [0.1, 0.15) is 19.4 Å². The van der Waals surface area contributed by atoms with Gasteiger partial charge < -0.3 is 20.6 Å². The van der Waals surface area contributed by atoms with Crippen LogP contribution in [0.5, 0.6) is 0 Å². The Morgan fingerprint density at radius 2 is 1.88 bits per heavy atom. The van der Waals surface area contributed by atoms with Crippen LogP contribution in [0.4, 0.5) is 4.79 Å². The van der Waals surface area contributed by atoms with Crippen molar-refractivity contribution in [3.8, 4) is 0 Å². The lowest BCUT2D eigenvalue weighted by Crippen LogP contribution is -2.55. The average molecular weight is 362 g/mol. The highest BCUT2D eigenvalue weighted by atomic mass is 16.4. The van der Waals surface area contributed by atoms with Crippen LogP contribution in [-0.2, 0) is 16.1 Å². The summed E-state index contributed by atoms with van der Waals surface area (Å²) in [7, 11) is 1.47. The molecule has 8 nitrogen and oxygen atoms in total. The first-order valence-corrected chi connectivity index (χ1v) is 8.61. The normalized spacial score (nSPS) is 18.6. The van der Waals surface area contributed by atoms with Crippen LogP contribution in [0, 0.1) is 5.92 Å². The largest absolute Gasteiger partial charge is 0.480 e. The van der Waals surface area contributed by atoms with Gasteiger partial charge in [-0.1, -0.05) is 44.2 Å². The van der Waals surface area contributed by atoms with Gasteiger partial charge in [0.25, 0.3) is 0 Å². The van der Waals surface area contributed by atoms with Crippen molar-refractivity contribution in [2.24, 2.45) is 5.92 Å². The zero-order valence-corrected chi connectivity index (χ0v) is 15.3. The third-order valence-corrected chi connectivity index (χ3v) is 4.42. The Morgan fingerprint density at radius 3 is 2.42 bits per heavy atom. The maximum absolute atomic E-state index is 12.9. The molecule has 1 aromatic rings. The first-order chi connectivity index (χ1) is 12.3. The number of nitrogens with one attached hydrogen (secondary N) is 2. The van der Waals surface area contributed by atoms with Crippen LogP contribution in [0.25, 0.3) is 0 Å². The molecule has 0 radical (unpaired) electrons. The number of nitrogens with zero attached hydrogens (tertiary/aromatic N) is 2. The van der Waals surface area contributed by atoms with Crippen LogP contribution < -0.4 is 10.6 Å². The molecule has 1 fully saturated rings. The van der Waals surface area contributed by atoms with Gasteiger partial charge in [-0.2, -0.15) is 0 Å². The second kappa shape index (κ2) is 8.66. The molecular weight excluding hydrogens is 336 g/mol. The number of amides is 3. The number of carbonyl (C=O) groups is 3. The third kappa shape index (κ3) is 4.72. The van der Waals surface area contributed by atoms with Gasteiger partial charge in [0.15, 0.2) is 0 Å². The zero-order chi connectivity index (χ0) is 19.3. The van der Waals surface area contributed by atoms with Crippen molar-refractivity contribution in [3.63, 3.8) is 0 Å². The van der Waals surface area contributed by atoms with Crippen molar-refractivity contribution >= 4 is 17.9 Å². The predicted octanol–water partition coefficient (Wildman–Crippen LogP) is 0.695. The van der Waals surface area contributed by atoms with Crippen LogP contribution in [0.3, 0.4) is 0 Å². The smallest absolute Gasteiger partial charge is 0.327 e. The number of hydrogen-bond acceptors (Lipinski definition) is 4. The number of hydrogen-bond donors (Lipinski definition) is 3. The van der Waals surface area contributed by atoms with Crippen LogP contribution in [-0.4, -0.2) is 65.2 Å².